The van der Waals surface area contributed by atoms with E-state index in [2.05, 4.69) is 45.0 Å². The lowest BCUT2D eigenvalue weighted by Crippen LogP contribution is -2.01. The molecule has 0 aliphatic heterocycles. The number of hydrogen-bond acceptors (Lipinski definition) is 1. The zero-order valence-corrected chi connectivity index (χ0v) is 10.7. The molecule has 0 spiro atoms. The Morgan fingerprint density at radius 3 is 2.00 bits per heavy atom. The third kappa shape index (κ3) is 3.64. The fourth-order valence-electron chi connectivity index (χ4n) is 2.14. The lowest BCUT2D eigenvalue weighted by molar-refractivity contribution is 0.272. The van der Waals surface area contributed by atoms with E-state index in [1.807, 2.05) is 0 Å². The van der Waals surface area contributed by atoms with Gasteiger partial charge in [-0.15, -0.1) is 0 Å². The maximum Gasteiger partial charge on any atom is 0.0436 e. The second-order valence-electron chi connectivity index (χ2n) is 4.82. The maximum atomic E-state index is 9.07. The van der Waals surface area contributed by atoms with E-state index in [0.29, 0.717) is 11.8 Å². The lowest BCUT2D eigenvalue weighted by atomic mass is 9.90. The highest BCUT2D eigenvalue weighted by Gasteiger charge is 2.10. The van der Waals surface area contributed by atoms with Gasteiger partial charge in [0, 0.05) is 6.61 Å². The Balaban J connectivity index is 2.76. The highest BCUT2D eigenvalue weighted by molar-refractivity contribution is 5.27. The molecule has 0 saturated heterocycles. The van der Waals surface area contributed by atoms with Crippen molar-refractivity contribution >= 4 is 0 Å². The SMILES string of the molecule is CCCC(CCO)c1ccc(C(C)C)cc1. The molecule has 0 fully saturated rings. The summed E-state index contributed by atoms with van der Waals surface area (Å²) in [7, 11) is 0. The van der Waals surface area contributed by atoms with Crippen molar-refractivity contribution in [1.82, 2.24) is 0 Å². The fraction of sp³-hybridized carbons (Fsp3) is 0.600. The third-order valence-electron chi connectivity index (χ3n) is 3.19. The van der Waals surface area contributed by atoms with Gasteiger partial charge in [0.1, 0.15) is 0 Å². The molecule has 0 aromatic heterocycles. The van der Waals surface area contributed by atoms with Gasteiger partial charge in [-0.2, -0.15) is 0 Å². The molecule has 1 atom stereocenters. The van der Waals surface area contributed by atoms with Crippen molar-refractivity contribution < 1.29 is 5.11 Å². The Morgan fingerprint density at radius 1 is 1.00 bits per heavy atom. The molecule has 1 aromatic rings. The Kier molecular flexibility index (Phi) is 5.54. The van der Waals surface area contributed by atoms with Crippen LogP contribution in [0.1, 0.15) is 63.0 Å². The monoisotopic (exact) mass is 220 g/mol. The van der Waals surface area contributed by atoms with Gasteiger partial charge in [-0.3, -0.25) is 0 Å². The molecule has 1 heteroatoms. The van der Waals surface area contributed by atoms with Crippen molar-refractivity contribution in [3.05, 3.63) is 35.4 Å². The van der Waals surface area contributed by atoms with Crippen LogP contribution in [0.4, 0.5) is 0 Å². The highest BCUT2D eigenvalue weighted by atomic mass is 16.3. The van der Waals surface area contributed by atoms with Crippen molar-refractivity contribution in [3.63, 3.8) is 0 Å². The summed E-state index contributed by atoms with van der Waals surface area (Å²) in [5.74, 6) is 1.12. The molecule has 0 saturated carbocycles. The molecule has 1 nitrogen and oxygen atoms in total. The number of rotatable bonds is 6. The van der Waals surface area contributed by atoms with Crippen LogP contribution in [0, 0.1) is 0 Å². The van der Waals surface area contributed by atoms with Crippen LogP contribution < -0.4 is 0 Å². The zero-order chi connectivity index (χ0) is 12.0. The standard InChI is InChI=1S/C15H24O/c1-4-5-14(10-11-16)15-8-6-13(7-9-15)12(2)3/h6-9,12,14,16H,4-5,10-11H2,1-3H3. The molecule has 0 bridgehead atoms. The summed E-state index contributed by atoms with van der Waals surface area (Å²) in [5.41, 5.74) is 2.77. The normalized spacial score (nSPS) is 13.1. The van der Waals surface area contributed by atoms with Gasteiger partial charge in [-0.25, -0.2) is 0 Å². The Labute approximate surface area is 99.5 Å². The molecule has 1 N–H and O–H groups in total. The summed E-state index contributed by atoms with van der Waals surface area (Å²) < 4.78 is 0. The van der Waals surface area contributed by atoms with E-state index in [1.54, 1.807) is 0 Å². The topological polar surface area (TPSA) is 20.2 Å². The van der Waals surface area contributed by atoms with Crippen molar-refractivity contribution in [1.29, 1.82) is 0 Å². The van der Waals surface area contributed by atoms with Crippen LogP contribution >= 0.6 is 0 Å². The van der Waals surface area contributed by atoms with Crippen LogP contribution in [-0.4, -0.2) is 11.7 Å². The molecule has 90 valence electrons. The first-order valence-electron chi connectivity index (χ1n) is 6.39. The summed E-state index contributed by atoms with van der Waals surface area (Å²) in [5, 5.41) is 9.07. The average molecular weight is 220 g/mol. The van der Waals surface area contributed by atoms with E-state index in [0.717, 1.165) is 6.42 Å². The second-order valence-corrected chi connectivity index (χ2v) is 4.82. The summed E-state index contributed by atoms with van der Waals surface area (Å²) >= 11 is 0. The van der Waals surface area contributed by atoms with Gasteiger partial charge in [-0.1, -0.05) is 51.5 Å². The van der Waals surface area contributed by atoms with E-state index >= 15 is 0 Å². The molecule has 1 rings (SSSR count). The van der Waals surface area contributed by atoms with Crippen molar-refractivity contribution in [2.45, 2.75) is 51.9 Å². The molecule has 1 aromatic carbocycles. The maximum absolute atomic E-state index is 9.07. The van der Waals surface area contributed by atoms with Gasteiger partial charge in [0.25, 0.3) is 0 Å². The van der Waals surface area contributed by atoms with Crippen molar-refractivity contribution in [2.24, 2.45) is 0 Å². The van der Waals surface area contributed by atoms with Gasteiger partial charge in [0.05, 0.1) is 0 Å². The molecule has 0 aliphatic carbocycles. The Morgan fingerprint density at radius 2 is 1.56 bits per heavy atom. The second kappa shape index (κ2) is 6.70. The molecule has 0 heterocycles. The molecular weight excluding hydrogens is 196 g/mol. The van der Waals surface area contributed by atoms with Gasteiger partial charge in [0.15, 0.2) is 0 Å². The van der Waals surface area contributed by atoms with Gasteiger partial charge < -0.3 is 5.11 Å². The summed E-state index contributed by atoms with van der Waals surface area (Å²) in [6.07, 6.45) is 3.23. The van der Waals surface area contributed by atoms with E-state index in [9.17, 15) is 0 Å². The molecule has 0 aliphatic rings. The zero-order valence-electron chi connectivity index (χ0n) is 10.7. The van der Waals surface area contributed by atoms with Crippen LogP contribution in [-0.2, 0) is 0 Å². The number of aliphatic hydroxyl groups is 1. The number of benzene rings is 1. The van der Waals surface area contributed by atoms with Crippen molar-refractivity contribution in [2.75, 3.05) is 6.61 Å². The van der Waals surface area contributed by atoms with Gasteiger partial charge in [-0.05, 0) is 35.8 Å². The lowest BCUT2D eigenvalue weighted by Gasteiger charge is -2.16. The molecule has 0 radical (unpaired) electrons. The predicted octanol–water partition coefficient (Wildman–Crippen LogP) is 4.08. The molecule has 16 heavy (non-hydrogen) atoms. The average Bonchev–Trinajstić information content (AvgIpc) is 2.29. The van der Waals surface area contributed by atoms with Crippen LogP contribution in [0.5, 0.6) is 0 Å². The predicted molar refractivity (Wildman–Crippen MR) is 69.9 cm³/mol. The van der Waals surface area contributed by atoms with E-state index in [4.69, 9.17) is 5.11 Å². The van der Waals surface area contributed by atoms with Gasteiger partial charge in [0.2, 0.25) is 0 Å². The van der Waals surface area contributed by atoms with Crippen LogP contribution in [0.25, 0.3) is 0 Å². The van der Waals surface area contributed by atoms with Gasteiger partial charge >= 0.3 is 0 Å². The first kappa shape index (κ1) is 13.2. The van der Waals surface area contributed by atoms with Crippen LogP contribution in [0.2, 0.25) is 0 Å². The van der Waals surface area contributed by atoms with E-state index in [-0.39, 0.29) is 6.61 Å². The minimum atomic E-state index is 0.288. The Hall–Kier alpha value is -0.820. The molecule has 1 unspecified atom stereocenters. The van der Waals surface area contributed by atoms with Crippen LogP contribution in [0.15, 0.2) is 24.3 Å². The largest absolute Gasteiger partial charge is 0.396 e. The third-order valence-corrected chi connectivity index (χ3v) is 3.19. The first-order valence-corrected chi connectivity index (χ1v) is 6.39. The molecular formula is C15H24O. The number of hydrogen-bond donors (Lipinski definition) is 1. The summed E-state index contributed by atoms with van der Waals surface area (Å²) in [4.78, 5) is 0. The van der Waals surface area contributed by atoms with Crippen LogP contribution in [0.3, 0.4) is 0 Å². The first-order chi connectivity index (χ1) is 7.69. The quantitative estimate of drug-likeness (QED) is 0.766. The minimum absolute atomic E-state index is 0.288. The Bertz CT molecular complexity index is 281. The van der Waals surface area contributed by atoms with Crippen molar-refractivity contribution in [3.8, 4) is 0 Å². The fourth-order valence-corrected chi connectivity index (χ4v) is 2.14. The van der Waals surface area contributed by atoms with E-state index < -0.39 is 0 Å². The minimum Gasteiger partial charge on any atom is -0.396 e. The number of aliphatic hydroxyl groups excluding tert-OH is 1. The summed E-state index contributed by atoms with van der Waals surface area (Å²) in [6, 6.07) is 8.90. The highest BCUT2D eigenvalue weighted by Crippen LogP contribution is 2.26. The van der Waals surface area contributed by atoms with E-state index in [1.165, 1.54) is 24.0 Å². The summed E-state index contributed by atoms with van der Waals surface area (Å²) in [6.45, 7) is 6.92. The smallest absolute Gasteiger partial charge is 0.0436 e. The molecule has 0 amide bonds.